The van der Waals surface area contributed by atoms with Crippen LogP contribution in [0.4, 0.5) is 0 Å². The summed E-state index contributed by atoms with van der Waals surface area (Å²) in [4.78, 5) is 11.3. The first-order valence-corrected chi connectivity index (χ1v) is 5.66. The summed E-state index contributed by atoms with van der Waals surface area (Å²) in [7, 11) is 0. The number of hydrogen-bond donors (Lipinski definition) is 3. The van der Waals surface area contributed by atoms with E-state index in [9.17, 15) is 15.0 Å². The molecule has 3 rings (SSSR count). The van der Waals surface area contributed by atoms with Gasteiger partial charge in [0.05, 0.1) is 6.61 Å². The van der Waals surface area contributed by atoms with Gasteiger partial charge in [0.15, 0.2) is 11.5 Å². The summed E-state index contributed by atoms with van der Waals surface area (Å²) in [5.41, 5.74) is 0.443. The number of carboxylic acid groups (broad SMARTS) is 1. The highest BCUT2D eigenvalue weighted by Gasteiger charge is 2.42. The van der Waals surface area contributed by atoms with Crippen LogP contribution >= 0.6 is 0 Å². The lowest BCUT2D eigenvalue weighted by atomic mass is 9.84. The van der Waals surface area contributed by atoms with Crippen molar-refractivity contribution in [2.24, 2.45) is 0 Å². The van der Waals surface area contributed by atoms with Crippen molar-refractivity contribution >= 4 is 5.97 Å². The maximum Gasteiger partial charge on any atom is 0.326 e. The van der Waals surface area contributed by atoms with E-state index in [0.29, 0.717) is 18.0 Å². The van der Waals surface area contributed by atoms with Gasteiger partial charge >= 0.3 is 5.97 Å². The standard InChI is InChI=1S/C12H13NO5/c14-5-12(11(15)16)3-8-7(4-13-12)1-2-9-10(8)18-6-17-9/h1-2,13-14H,3-6H2,(H,15,16)/t12-/m1/s1. The van der Waals surface area contributed by atoms with Gasteiger partial charge in [0, 0.05) is 18.5 Å². The van der Waals surface area contributed by atoms with Gasteiger partial charge in [-0.3, -0.25) is 10.1 Å². The first-order chi connectivity index (χ1) is 8.66. The Hall–Kier alpha value is -1.79. The Balaban J connectivity index is 2.06. The van der Waals surface area contributed by atoms with Crippen LogP contribution in [0, 0.1) is 0 Å². The summed E-state index contributed by atoms with van der Waals surface area (Å²) in [6, 6.07) is 3.70. The third-order valence-corrected chi connectivity index (χ3v) is 3.51. The Labute approximate surface area is 103 Å². The molecule has 0 aliphatic carbocycles. The van der Waals surface area contributed by atoms with Gasteiger partial charge in [-0.15, -0.1) is 0 Å². The van der Waals surface area contributed by atoms with E-state index in [-0.39, 0.29) is 13.2 Å². The molecule has 2 aliphatic heterocycles. The number of fused-ring (bicyclic) bond motifs is 3. The van der Waals surface area contributed by atoms with Gasteiger partial charge in [-0.2, -0.15) is 0 Å². The largest absolute Gasteiger partial charge is 0.480 e. The quantitative estimate of drug-likeness (QED) is 0.679. The molecule has 0 unspecified atom stereocenters. The van der Waals surface area contributed by atoms with Crippen LogP contribution in [0.1, 0.15) is 11.1 Å². The molecule has 3 N–H and O–H groups in total. The molecule has 6 nitrogen and oxygen atoms in total. The minimum absolute atomic E-state index is 0.151. The van der Waals surface area contributed by atoms with E-state index in [0.717, 1.165) is 11.1 Å². The van der Waals surface area contributed by atoms with Gasteiger partial charge in [-0.05, 0) is 11.6 Å². The van der Waals surface area contributed by atoms with Gasteiger partial charge in [0.25, 0.3) is 0 Å². The van der Waals surface area contributed by atoms with Gasteiger partial charge in [0.2, 0.25) is 6.79 Å². The molecular formula is C12H13NO5. The topological polar surface area (TPSA) is 88.0 Å². The number of hydrogen-bond acceptors (Lipinski definition) is 5. The van der Waals surface area contributed by atoms with Gasteiger partial charge in [-0.25, -0.2) is 0 Å². The molecule has 0 spiro atoms. The molecule has 18 heavy (non-hydrogen) atoms. The second-order valence-corrected chi connectivity index (χ2v) is 4.51. The molecule has 1 aromatic carbocycles. The molecule has 1 aromatic rings. The zero-order chi connectivity index (χ0) is 12.8. The molecule has 0 amide bonds. The maximum atomic E-state index is 11.3. The van der Waals surface area contributed by atoms with Crippen LogP contribution in [-0.2, 0) is 17.8 Å². The van der Waals surface area contributed by atoms with Crippen LogP contribution in [0.2, 0.25) is 0 Å². The van der Waals surface area contributed by atoms with Crippen LogP contribution in [0.3, 0.4) is 0 Å². The number of carboxylic acids is 1. The Bertz CT molecular complexity index is 515. The maximum absolute atomic E-state index is 11.3. The average molecular weight is 251 g/mol. The highest BCUT2D eigenvalue weighted by molar-refractivity contribution is 5.80. The zero-order valence-corrected chi connectivity index (χ0v) is 9.60. The number of nitrogens with one attached hydrogen (secondary N) is 1. The molecule has 0 radical (unpaired) electrons. The van der Waals surface area contributed by atoms with Crippen molar-refractivity contribution in [1.29, 1.82) is 0 Å². The minimum atomic E-state index is -1.34. The number of aliphatic hydroxyl groups is 1. The van der Waals surface area contributed by atoms with E-state index in [1.807, 2.05) is 12.1 Å². The van der Waals surface area contributed by atoms with Crippen molar-refractivity contribution in [1.82, 2.24) is 5.32 Å². The third kappa shape index (κ3) is 1.46. The van der Waals surface area contributed by atoms with E-state index in [1.165, 1.54) is 0 Å². The van der Waals surface area contributed by atoms with E-state index in [2.05, 4.69) is 5.32 Å². The number of aliphatic carboxylic acids is 1. The molecular weight excluding hydrogens is 238 g/mol. The molecule has 0 aromatic heterocycles. The second-order valence-electron chi connectivity index (χ2n) is 4.51. The summed E-state index contributed by atoms with van der Waals surface area (Å²) in [5, 5.41) is 21.5. The normalized spacial score (nSPS) is 24.7. The van der Waals surface area contributed by atoms with Gasteiger partial charge in [0.1, 0.15) is 5.54 Å². The fourth-order valence-electron chi connectivity index (χ4n) is 2.39. The predicted octanol–water partition coefficient (Wildman–Crippen LogP) is -0.123. The molecule has 0 bridgehead atoms. The Morgan fingerprint density at radius 2 is 2.28 bits per heavy atom. The van der Waals surface area contributed by atoms with Gasteiger partial charge < -0.3 is 19.7 Å². The minimum Gasteiger partial charge on any atom is -0.480 e. The fraction of sp³-hybridized carbons (Fsp3) is 0.417. The van der Waals surface area contributed by atoms with E-state index < -0.39 is 18.1 Å². The number of ether oxygens (including phenoxy) is 2. The van der Waals surface area contributed by atoms with Crippen LogP contribution < -0.4 is 14.8 Å². The van der Waals surface area contributed by atoms with Crippen LogP contribution in [-0.4, -0.2) is 35.1 Å². The molecule has 2 aliphatic rings. The number of aliphatic hydroxyl groups excluding tert-OH is 1. The molecule has 1 atom stereocenters. The highest BCUT2D eigenvalue weighted by atomic mass is 16.7. The van der Waals surface area contributed by atoms with Crippen molar-refractivity contribution in [3.8, 4) is 11.5 Å². The van der Waals surface area contributed by atoms with Gasteiger partial charge in [-0.1, -0.05) is 6.07 Å². The van der Waals surface area contributed by atoms with Crippen molar-refractivity contribution in [3.63, 3.8) is 0 Å². The van der Waals surface area contributed by atoms with Crippen molar-refractivity contribution < 1.29 is 24.5 Å². The zero-order valence-electron chi connectivity index (χ0n) is 9.60. The first-order valence-electron chi connectivity index (χ1n) is 5.66. The first kappa shape index (κ1) is 11.3. The lowest BCUT2D eigenvalue weighted by molar-refractivity contribution is -0.147. The fourth-order valence-corrected chi connectivity index (χ4v) is 2.39. The SMILES string of the molecule is O=C(O)[C@]1(CO)Cc2c(ccc3c2OCO3)CN1. The summed E-state index contributed by atoms with van der Waals surface area (Å²) in [6.45, 7) is 0.0730. The summed E-state index contributed by atoms with van der Waals surface area (Å²) in [6.07, 6.45) is 0.181. The van der Waals surface area contributed by atoms with Crippen LogP contribution in [0.5, 0.6) is 11.5 Å². The monoisotopic (exact) mass is 251 g/mol. The third-order valence-electron chi connectivity index (χ3n) is 3.51. The molecule has 2 heterocycles. The molecule has 6 heteroatoms. The van der Waals surface area contributed by atoms with E-state index in [4.69, 9.17) is 9.47 Å². The highest BCUT2D eigenvalue weighted by Crippen LogP contribution is 2.40. The second kappa shape index (κ2) is 3.86. The van der Waals surface area contributed by atoms with Crippen molar-refractivity contribution in [2.45, 2.75) is 18.5 Å². The van der Waals surface area contributed by atoms with E-state index >= 15 is 0 Å². The molecule has 0 saturated heterocycles. The number of benzene rings is 1. The average Bonchev–Trinajstić information content (AvgIpc) is 2.86. The summed E-state index contributed by atoms with van der Waals surface area (Å²) in [5.74, 6) is 0.174. The van der Waals surface area contributed by atoms with E-state index in [1.54, 1.807) is 0 Å². The number of rotatable bonds is 2. The summed E-state index contributed by atoms with van der Waals surface area (Å²) >= 11 is 0. The van der Waals surface area contributed by atoms with Crippen LogP contribution in [0.15, 0.2) is 12.1 Å². The smallest absolute Gasteiger partial charge is 0.326 e. The number of carbonyl (C=O) groups is 1. The van der Waals surface area contributed by atoms with Crippen molar-refractivity contribution in [3.05, 3.63) is 23.3 Å². The molecule has 0 fully saturated rings. The van der Waals surface area contributed by atoms with Crippen LogP contribution in [0.25, 0.3) is 0 Å². The Morgan fingerprint density at radius 1 is 1.44 bits per heavy atom. The lowest BCUT2D eigenvalue weighted by Gasteiger charge is -2.34. The Morgan fingerprint density at radius 3 is 3.00 bits per heavy atom. The summed E-state index contributed by atoms with van der Waals surface area (Å²) < 4.78 is 10.7. The molecule has 96 valence electrons. The lowest BCUT2D eigenvalue weighted by Crippen LogP contribution is -2.58. The predicted molar refractivity (Wildman–Crippen MR) is 60.6 cm³/mol. The molecule has 0 saturated carbocycles. The van der Waals surface area contributed by atoms with Crippen molar-refractivity contribution in [2.75, 3.05) is 13.4 Å². The Kier molecular flexibility index (Phi) is 2.42.